The van der Waals surface area contributed by atoms with E-state index >= 15 is 0 Å². The maximum absolute atomic E-state index is 12.7. The number of hydrogen-bond donors (Lipinski definition) is 0. The first-order chi connectivity index (χ1) is 14.5. The van der Waals surface area contributed by atoms with Crippen molar-refractivity contribution in [3.8, 4) is 28.7 Å². The molecule has 2 atom stereocenters. The number of rotatable bonds is 4. The predicted octanol–water partition coefficient (Wildman–Crippen LogP) is 2.67. The largest absolute Gasteiger partial charge is 0.493 e. The van der Waals surface area contributed by atoms with E-state index in [0.717, 1.165) is 11.1 Å². The number of carbonyl (C=O) groups is 2. The Morgan fingerprint density at radius 3 is 2.17 bits per heavy atom. The lowest BCUT2D eigenvalue weighted by Gasteiger charge is -2.29. The molecule has 0 unspecified atom stereocenters. The normalized spacial score (nSPS) is 20.8. The molecule has 5 rings (SSSR count). The summed E-state index contributed by atoms with van der Waals surface area (Å²) in [6, 6.07) is 7.20. The highest BCUT2D eigenvalue weighted by atomic mass is 16.7. The third-order valence-corrected chi connectivity index (χ3v) is 5.62. The molecule has 1 fully saturated rings. The number of benzene rings is 2. The Balaban J connectivity index is 1.76. The molecule has 0 saturated carbocycles. The van der Waals surface area contributed by atoms with Gasteiger partial charge in [0.15, 0.2) is 23.0 Å². The van der Waals surface area contributed by atoms with Crippen LogP contribution in [0.3, 0.4) is 0 Å². The summed E-state index contributed by atoms with van der Waals surface area (Å²) in [4.78, 5) is 25.0. The summed E-state index contributed by atoms with van der Waals surface area (Å²) >= 11 is 0. The van der Waals surface area contributed by atoms with E-state index in [2.05, 4.69) is 0 Å². The van der Waals surface area contributed by atoms with Crippen LogP contribution in [0.25, 0.3) is 6.08 Å². The summed E-state index contributed by atoms with van der Waals surface area (Å²) in [7, 11) is 4.56. The fraction of sp³-hybridized carbons (Fsp3) is 0.273. The molecule has 0 N–H and O–H groups in total. The number of cyclic esters (lactones) is 2. The summed E-state index contributed by atoms with van der Waals surface area (Å²) in [5.41, 5.74) is 2.60. The van der Waals surface area contributed by atoms with Crippen LogP contribution in [0.5, 0.6) is 28.7 Å². The van der Waals surface area contributed by atoms with E-state index in [4.69, 9.17) is 28.4 Å². The topological polar surface area (TPSA) is 89.5 Å². The van der Waals surface area contributed by atoms with Crippen molar-refractivity contribution in [3.63, 3.8) is 0 Å². The zero-order valence-electron chi connectivity index (χ0n) is 16.5. The smallest absolute Gasteiger partial charge is 0.342 e. The van der Waals surface area contributed by atoms with E-state index in [1.807, 2.05) is 12.1 Å². The Labute approximate surface area is 171 Å². The predicted molar refractivity (Wildman–Crippen MR) is 103 cm³/mol. The first-order valence-corrected chi connectivity index (χ1v) is 9.26. The second kappa shape index (κ2) is 6.69. The molecule has 0 amide bonds. The quantitative estimate of drug-likeness (QED) is 0.562. The molecule has 8 nitrogen and oxygen atoms in total. The van der Waals surface area contributed by atoms with Crippen LogP contribution in [0.4, 0.5) is 0 Å². The Morgan fingerprint density at radius 1 is 0.867 bits per heavy atom. The summed E-state index contributed by atoms with van der Waals surface area (Å²) in [5, 5.41) is 0. The van der Waals surface area contributed by atoms with Gasteiger partial charge in [0.2, 0.25) is 12.5 Å². The van der Waals surface area contributed by atoms with Gasteiger partial charge in [-0.25, -0.2) is 4.79 Å². The van der Waals surface area contributed by atoms with Crippen LogP contribution in [-0.2, 0) is 14.3 Å². The maximum Gasteiger partial charge on any atom is 0.342 e. The monoisotopic (exact) mass is 410 g/mol. The minimum atomic E-state index is -0.784. The molecule has 2 aromatic rings. The molecule has 3 aliphatic rings. The molecule has 2 heterocycles. The van der Waals surface area contributed by atoms with Crippen LogP contribution in [0, 0.1) is 5.92 Å². The van der Waals surface area contributed by atoms with Crippen molar-refractivity contribution in [2.75, 3.05) is 28.1 Å². The van der Waals surface area contributed by atoms with Crippen molar-refractivity contribution in [2.45, 2.75) is 5.92 Å². The van der Waals surface area contributed by atoms with Crippen molar-refractivity contribution >= 4 is 18.0 Å². The van der Waals surface area contributed by atoms with Gasteiger partial charge in [0, 0.05) is 5.92 Å². The molecule has 8 heteroatoms. The van der Waals surface area contributed by atoms with Gasteiger partial charge in [0.25, 0.3) is 0 Å². The zero-order valence-corrected chi connectivity index (χ0v) is 16.5. The van der Waals surface area contributed by atoms with Gasteiger partial charge in [-0.05, 0) is 47.0 Å². The molecule has 154 valence electrons. The fourth-order valence-electron chi connectivity index (χ4n) is 4.30. The van der Waals surface area contributed by atoms with Gasteiger partial charge in [-0.2, -0.15) is 0 Å². The molecule has 0 bridgehead atoms. The number of hydrogen-bond acceptors (Lipinski definition) is 8. The minimum absolute atomic E-state index is 0.119. The SMILES string of the molecule is COc1cc([C@@H]2c3cc4c(cc3C=C3C(=O)OC(=O)[C@H]32)OCO4)cc(OC)c1OC. The van der Waals surface area contributed by atoms with Gasteiger partial charge in [-0.1, -0.05) is 0 Å². The van der Waals surface area contributed by atoms with Gasteiger partial charge in [0.05, 0.1) is 26.9 Å². The van der Waals surface area contributed by atoms with Gasteiger partial charge < -0.3 is 28.4 Å². The third kappa shape index (κ3) is 2.53. The molecule has 2 aromatic carbocycles. The number of ether oxygens (including phenoxy) is 6. The third-order valence-electron chi connectivity index (χ3n) is 5.62. The molecule has 0 aromatic heterocycles. The zero-order chi connectivity index (χ0) is 21.0. The summed E-state index contributed by atoms with van der Waals surface area (Å²) in [6.07, 6.45) is 1.68. The number of fused-ring (bicyclic) bond motifs is 3. The van der Waals surface area contributed by atoms with E-state index in [0.29, 0.717) is 39.9 Å². The van der Waals surface area contributed by atoms with Crippen LogP contribution in [-0.4, -0.2) is 40.1 Å². The van der Waals surface area contributed by atoms with Crippen LogP contribution in [0.15, 0.2) is 29.8 Å². The van der Waals surface area contributed by atoms with E-state index < -0.39 is 23.8 Å². The van der Waals surface area contributed by atoms with Gasteiger partial charge in [0.1, 0.15) is 5.92 Å². The van der Waals surface area contributed by atoms with E-state index in [1.54, 1.807) is 18.2 Å². The van der Waals surface area contributed by atoms with E-state index in [1.165, 1.54) is 21.3 Å². The molecule has 30 heavy (non-hydrogen) atoms. The van der Waals surface area contributed by atoms with Crippen LogP contribution >= 0.6 is 0 Å². The average Bonchev–Trinajstić information content (AvgIpc) is 3.32. The van der Waals surface area contributed by atoms with Crippen LogP contribution in [0.2, 0.25) is 0 Å². The molecule has 0 spiro atoms. The molecule has 1 saturated heterocycles. The Morgan fingerprint density at radius 2 is 1.53 bits per heavy atom. The van der Waals surface area contributed by atoms with Crippen LogP contribution in [0.1, 0.15) is 22.6 Å². The van der Waals surface area contributed by atoms with E-state index in [9.17, 15) is 9.59 Å². The van der Waals surface area contributed by atoms with Crippen molar-refractivity contribution in [1.29, 1.82) is 0 Å². The van der Waals surface area contributed by atoms with Gasteiger partial charge in [-0.3, -0.25) is 4.79 Å². The van der Waals surface area contributed by atoms with E-state index in [-0.39, 0.29) is 6.79 Å². The molecule has 2 aliphatic heterocycles. The van der Waals surface area contributed by atoms with Gasteiger partial charge in [-0.15, -0.1) is 0 Å². The second-order valence-electron chi connectivity index (χ2n) is 7.06. The Bertz CT molecular complexity index is 1090. The number of esters is 2. The Hall–Kier alpha value is -3.68. The standard InChI is InChI=1S/C22H18O8/c1-25-16-6-11(7-17(26-2)20(16)27-3)18-12-8-15-14(28-9-29-15)5-10(12)4-13-19(18)22(24)30-21(13)23/h4-8,18-19H,9H2,1-3H3/t18-,19-/m1/s1. The summed E-state index contributed by atoms with van der Waals surface area (Å²) in [6.45, 7) is 0.119. The molecule has 0 radical (unpaired) electrons. The second-order valence-corrected chi connectivity index (χ2v) is 7.06. The first kappa shape index (κ1) is 18.4. The highest BCUT2D eigenvalue weighted by Crippen LogP contribution is 2.51. The average molecular weight is 410 g/mol. The summed E-state index contributed by atoms with van der Waals surface area (Å²) < 4.78 is 32.3. The highest BCUT2D eigenvalue weighted by molar-refractivity contribution is 6.12. The molecule has 1 aliphatic carbocycles. The molecular formula is C22H18O8. The summed E-state index contributed by atoms with van der Waals surface area (Å²) in [5.74, 6) is -0.0160. The van der Waals surface area contributed by atoms with Crippen LogP contribution < -0.4 is 23.7 Å². The lowest BCUT2D eigenvalue weighted by atomic mass is 9.72. The molecular weight excluding hydrogens is 392 g/mol. The first-order valence-electron chi connectivity index (χ1n) is 9.26. The lowest BCUT2D eigenvalue weighted by Crippen LogP contribution is -2.24. The highest BCUT2D eigenvalue weighted by Gasteiger charge is 2.48. The lowest BCUT2D eigenvalue weighted by molar-refractivity contribution is -0.152. The number of carbonyl (C=O) groups excluding carboxylic acids is 2. The van der Waals surface area contributed by atoms with Gasteiger partial charge >= 0.3 is 11.9 Å². The van der Waals surface area contributed by atoms with Crippen molar-refractivity contribution in [1.82, 2.24) is 0 Å². The van der Waals surface area contributed by atoms with Crippen molar-refractivity contribution < 1.29 is 38.0 Å². The Kier molecular flexibility index (Phi) is 4.09. The number of methoxy groups -OCH3 is 3. The minimum Gasteiger partial charge on any atom is -0.493 e. The van der Waals surface area contributed by atoms with Crippen molar-refractivity contribution in [2.24, 2.45) is 5.92 Å². The fourth-order valence-corrected chi connectivity index (χ4v) is 4.30. The van der Waals surface area contributed by atoms with Crippen molar-refractivity contribution in [3.05, 3.63) is 46.5 Å². The maximum atomic E-state index is 12.7.